The molecule has 0 aliphatic rings. The molecule has 0 unspecified atom stereocenters. The third kappa shape index (κ3) is 4.42. The first-order valence-electron chi connectivity index (χ1n) is 8.38. The Kier molecular flexibility index (Phi) is 5.54. The van der Waals surface area contributed by atoms with Crippen LogP contribution in [-0.4, -0.2) is 13.1 Å². The van der Waals surface area contributed by atoms with Gasteiger partial charge >= 0.3 is 5.97 Å². The van der Waals surface area contributed by atoms with Gasteiger partial charge in [0.15, 0.2) is 0 Å². The fraction of sp³-hybridized carbons (Fsp3) is 0.136. The molecule has 26 heavy (non-hydrogen) atoms. The first-order valence-corrected chi connectivity index (χ1v) is 8.38. The van der Waals surface area contributed by atoms with Gasteiger partial charge in [-0.1, -0.05) is 42.5 Å². The average molecular weight is 347 g/mol. The van der Waals surface area contributed by atoms with Gasteiger partial charge in [0, 0.05) is 17.7 Å². The van der Waals surface area contributed by atoms with E-state index >= 15 is 0 Å². The van der Waals surface area contributed by atoms with Gasteiger partial charge < -0.3 is 15.2 Å². The van der Waals surface area contributed by atoms with Crippen molar-refractivity contribution in [1.82, 2.24) is 0 Å². The molecule has 0 aromatic heterocycles. The van der Waals surface area contributed by atoms with E-state index < -0.39 is 0 Å². The minimum Gasteiger partial charge on any atom is -0.489 e. The number of benzene rings is 3. The van der Waals surface area contributed by atoms with E-state index in [1.54, 1.807) is 12.1 Å². The molecule has 0 aliphatic carbocycles. The van der Waals surface area contributed by atoms with Crippen molar-refractivity contribution in [2.75, 3.05) is 12.8 Å². The van der Waals surface area contributed by atoms with Crippen LogP contribution < -0.4 is 10.5 Å². The number of nitrogens with two attached hydrogens (primary N) is 1. The maximum Gasteiger partial charge on any atom is 0.337 e. The molecule has 4 heteroatoms. The van der Waals surface area contributed by atoms with Crippen molar-refractivity contribution in [3.63, 3.8) is 0 Å². The van der Waals surface area contributed by atoms with E-state index in [9.17, 15) is 4.79 Å². The second-order valence-electron chi connectivity index (χ2n) is 6.01. The molecular formula is C22H21NO3. The molecule has 3 aromatic rings. The fourth-order valence-corrected chi connectivity index (χ4v) is 2.71. The lowest BCUT2D eigenvalue weighted by Gasteiger charge is -2.13. The first kappa shape index (κ1) is 17.5. The van der Waals surface area contributed by atoms with Crippen molar-refractivity contribution in [1.29, 1.82) is 0 Å². The molecule has 0 spiro atoms. The molecule has 0 bridgehead atoms. The molecule has 0 saturated heterocycles. The highest BCUT2D eigenvalue weighted by Crippen LogP contribution is 2.25. The third-order valence-electron chi connectivity index (χ3n) is 4.09. The van der Waals surface area contributed by atoms with Gasteiger partial charge in [-0.3, -0.25) is 0 Å². The van der Waals surface area contributed by atoms with E-state index in [-0.39, 0.29) is 5.97 Å². The van der Waals surface area contributed by atoms with Crippen LogP contribution in [-0.2, 0) is 17.8 Å². The molecule has 0 heterocycles. The molecule has 0 fully saturated rings. The summed E-state index contributed by atoms with van der Waals surface area (Å²) in [4.78, 5) is 11.5. The fourth-order valence-electron chi connectivity index (χ4n) is 2.71. The molecule has 0 aliphatic heterocycles. The van der Waals surface area contributed by atoms with E-state index in [4.69, 9.17) is 15.2 Å². The number of hydrogen-bond donors (Lipinski definition) is 1. The standard InChI is InChI=1S/C22H21NO3/c1-25-22(24)18-9-7-16(8-10-18)13-19-14-20(23)11-12-21(19)26-15-17-5-3-2-4-6-17/h2-12,14H,13,15,23H2,1H3. The van der Waals surface area contributed by atoms with Gasteiger partial charge in [0.05, 0.1) is 12.7 Å². The topological polar surface area (TPSA) is 61.5 Å². The van der Waals surface area contributed by atoms with Crippen LogP contribution in [0.25, 0.3) is 0 Å². The minimum absolute atomic E-state index is 0.340. The van der Waals surface area contributed by atoms with E-state index in [1.165, 1.54) is 7.11 Å². The number of rotatable bonds is 6. The number of methoxy groups -OCH3 is 1. The number of carbonyl (C=O) groups excluding carboxylic acids is 1. The molecule has 2 N–H and O–H groups in total. The van der Waals surface area contributed by atoms with E-state index in [0.29, 0.717) is 24.3 Å². The van der Waals surface area contributed by atoms with Gasteiger partial charge in [0.2, 0.25) is 0 Å². The maximum absolute atomic E-state index is 11.5. The highest BCUT2D eigenvalue weighted by atomic mass is 16.5. The second kappa shape index (κ2) is 8.21. The summed E-state index contributed by atoms with van der Waals surface area (Å²) in [5, 5.41) is 0. The van der Waals surface area contributed by atoms with Gasteiger partial charge in [-0.25, -0.2) is 4.79 Å². The van der Waals surface area contributed by atoms with Gasteiger partial charge in [-0.15, -0.1) is 0 Å². The lowest BCUT2D eigenvalue weighted by molar-refractivity contribution is 0.0600. The predicted octanol–water partition coefficient (Wildman–Crippen LogP) is 4.23. The van der Waals surface area contributed by atoms with Crippen LogP contribution >= 0.6 is 0 Å². The van der Waals surface area contributed by atoms with Crippen LogP contribution in [0.2, 0.25) is 0 Å². The summed E-state index contributed by atoms with van der Waals surface area (Å²) in [6.07, 6.45) is 0.663. The summed E-state index contributed by atoms with van der Waals surface area (Å²) >= 11 is 0. The summed E-state index contributed by atoms with van der Waals surface area (Å²) in [6.45, 7) is 0.499. The summed E-state index contributed by atoms with van der Waals surface area (Å²) in [5.74, 6) is 0.465. The number of anilines is 1. The monoisotopic (exact) mass is 347 g/mol. The van der Waals surface area contributed by atoms with Gasteiger partial charge in [-0.2, -0.15) is 0 Å². The van der Waals surface area contributed by atoms with Crippen molar-refractivity contribution in [2.45, 2.75) is 13.0 Å². The highest BCUT2D eigenvalue weighted by molar-refractivity contribution is 5.89. The Morgan fingerprint density at radius 2 is 1.65 bits per heavy atom. The first-order chi connectivity index (χ1) is 12.7. The molecular weight excluding hydrogens is 326 g/mol. The third-order valence-corrected chi connectivity index (χ3v) is 4.09. The maximum atomic E-state index is 11.5. The zero-order valence-corrected chi connectivity index (χ0v) is 14.6. The predicted molar refractivity (Wildman–Crippen MR) is 102 cm³/mol. The van der Waals surface area contributed by atoms with E-state index in [0.717, 1.165) is 22.4 Å². The Morgan fingerprint density at radius 1 is 0.923 bits per heavy atom. The number of nitrogen functional groups attached to an aromatic ring is 1. The lowest BCUT2D eigenvalue weighted by Crippen LogP contribution is -2.02. The lowest BCUT2D eigenvalue weighted by atomic mass is 10.0. The van der Waals surface area contributed by atoms with Crippen molar-refractivity contribution < 1.29 is 14.3 Å². The normalized spacial score (nSPS) is 10.3. The van der Waals surface area contributed by atoms with Crippen LogP contribution in [0.3, 0.4) is 0 Å². The van der Waals surface area contributed by atoms with Crippen molar-refractivity contribution >= 4 is 11.7 Å². The van der Waals surface area contributed by atoms with E-state index in [1.807, 2.05) is 60.7 Å². The molecule has 4 nitrogen and oxygen atoms in total. The SMILES string of the molecule is COC(=O)c1ccc(Cc2cc(N)ccc2OCc2ccccc2)cc1. The quantitative estimate of drug-likeness (QED) is 0.535. The number of carbonyl (C=O) groups is 1. The Morgan fingerprint density at radius 3 is 2.35 bits per heavy atom. The molecule has 132 valence electrons. The van der Waals surface area contributed by atoms with E-state index in [2.05, 4.69) is 0 Å². The number of hydrogen-bond acceptors (Lipinski definition) is 4. The van der Waals surface area contributed by atoms with Crippen molar-refractivity contribution in [3.05, 3.63) is 95.1 Å². The summed E-state index contributed by atoms with van der Waals surface area (Å²) in [6, 6.07) is 23.0. The highest BCUT2D eigenvalue weighted by Gasteiger charge is 2.09. The summed E-state index contributed by atoms with van der Waals surface area (Å²) < 4.78 is 10.7. The second-order valence-corrected chi connectivity index (χ2v) is 6.01. The van der Waals surface area contributed by atoms with Gasteiger partial charge in [0.1, 0.15) is 12.4 Å². The van der Waals surface area contributed by atoms with Crippen LogP contribution in [0.15, 0.2) is 72.8 Å². The number of ether oxygens (including phenoxy) is 2. The Labute approximate surface area is 153 Å². The smallest absolute Gasteiger partial charge is 0.337 e. The average Bonchev–Trinajstić information content (AvgIpc) is 2.68. The van der Waals surface area contributed by atoms with Crippen LogP contribution in [0.1, 0.15) is 27.0 Å². The van der Waals surface area contributed by atoms with Crippen LogP contribution in [0.5, 0.6) is 5.75 Å². The van der Waals surface area contributed by atoms with Gasteiger partial charge in [0.25, 0.3) is 0 Å². The van der Waals surface area contributed by atoms with Crippen LogP contribution in [0.4, 0.5) is 5.69 Å². The zero-order valence-electron chi connectivity index (χ0n) is 14.6. The Hall–Kier alpha value is -3.27. The largest absolute Gasteiger partial charge is 0.489 e. The minimum atomic E-state index is -0.340. The molecule has 0 radical (unpaired) electrons. The summed E-state index contributed by atoms with van der Waals surface area (Å²) in [5.41, 5.74) is 10.4. The van der Waals surface area contributed by atoms with Gasteiger partial charge in [-0.05, 0) is 41.5 Å². The number of esters is 1. The zero-order chi connectivity index (χ0) is 18.4. The molecule has 0 atom stereocenters. The molecule has 0 amide bonds. The molecule has 3 rings (SSSR count). The molecule has 0 saturated carbocycles. The van der Waals surface area contributed by atoms with Crippen molar-refractivity contribution in [3.8, 4) is 5.75 Å². The Bertz CT molecular complexity index is 874. The van der Waals surface area contributed by atoms with Crippen molar-refractivity contribution in [2.24, 2.45) is 0 Å². The molecule has 3 aromatic carbocycles. The summed E-state index contributed by atoms with van der Waals surface area (Å²) in [7, 11) is 1.37. The Balaban J connectivity index is 1.76. The van der Waals surface area contributed by atoms with Crippen LogP contribution in [0, 0.1) is 0 Å².